The molecule has 1 aromatic carbocycles. The topological polar surface area (TPSA) is 0 Å². The monoisotopic (exact) mass is 162 g/mol. The molecule has 0 aliphatic rings. The molecule has 0 aromatic heterocycles. The van der Waals surface area contributed by atoms with E-state index in [-0.39, 0.29) is 0 Å². The van der Waals surface area contributed by atoms with Crippen LogP contribution >= 0.6 is 0 Å². The van der Waals surface area contributed by atoms with Gasteiger partial charge in [-0.3, -0.25) is 0 Å². The summed E-state index contributed by atoms with van der Waals surface area (Å²) in [5.41, 5.74) is 2.93. The first-order valence-corrected chi connectivity index (χ1v) is 4.86. The summed E-state index contributed by atoms with van der Waals surface area (Å²) in [4.78, 5) is 0. The zero-order chi connectivity index (χ0) is 8.97. The summed E-state index contributed by atoms with van der Waals surface area (Å²) in [5.74, 6) is 0.705. The second kappa shape index (κ2) is 4.30. The van der Waals surface area contributed by atoms with Crippen molar-refractivity contribution in [2.24, 2.45) is 0 Å². The molecule has 0 amide bonds. The Bertz CT molecular complexity index is 238. The summed E-state index contributed by atoms with van der Waals surface area (Å²) in [6.45, 7) is 6.73. The van der Waals surface area contributed by atoms with Crippen LogP contribution in [0.25, 0.3) is 0 Å². The van der Waals surface area contributed by atoms with Crippen LogP contribution in [0.4, 0.5) is 0 Å². The first-order valence-electron chi connectivity index (χ1n) is 4.86. The van der Waals surface area contributed by atoms with Crippen molar-refractivity contribution in [2.75, 3.05) is 0 Å². The molecule has 66 valence electrons. The van der Waals surface area contributed by atoms with Crippen molar-refractivity contribution in [2.45, 2.75) is 39.5 Å². The third-order valence-electron chi connectivity index (χ3n) is 2.54. The normalized spacial score (nSPS) is 12.9. The van der Waals surface area contributed by atoms with Gasteiger partial charge >= 0.3 is 0 Å². The zero-order valence-corrected chi connectivity index (χ0v) is 8.30. The van der Waals surface area contributed by atoms with Gasteiger partial charge in [0.05, 0.1) is 0 Å². The minimum absolute atomic E-state index is 0.705. The molecule has 0 aliphatic heterocycles. The molecule has 1 rings (SSSR count). The smallest absolute Gasteiger partial charge is 0.0193 e. The maximum Gasteiger partial charge on any atom is -0.0193 e. The zero-order valence-electron chi connectivity index (χ0n) is 8.30. The fourth-order valence-corrected chi connectivity index (χ4v) is 1.36. The molecule has 0 N–H and O–H groups in total. The lowest BCUT2D eigenvalue weighted by atomic mass is 9.96. The van der Waals surface area contributed by atoms with Crippen LogP contribution in [0, 0.1) is 0 Å². The second-order valence-electron chi connectivity index (χ2n) is 3.41. The average Bonchev–Trinajstić information content (AvgIpc) is 2.17. The molecule has 0 spiro atoms. The third-order valence-corrected chi connectivity index (χ3v) is 2.54. The highest BCUT2D eigenvalue weighted by molar-refractivity contribution is 5.25. The molecule has 0 fully saturated rings. The Morgan fingerprint density at radius 2 is 2.00 bits per heavy atom. The first-order chi connectivity index (χ1) is 5.77. The molecule has 0 aliphatic carbocycles. The fourth-order valence-electron chi connectivity index (χ4n) is 1.36. The Kier molecular flexibility index (Phi) is 3.33. The van der Waals surface area contributed by atoms with Gasteiger partial charge in [0.1, 0.15) is 0 Å². The van der Waals surface area contributed by atoms with Gasteiger partial charge in [-0.15, -0.1) is 0 Å². The van der Waals surface area contributed by atoms with Gasteiger partial charge in [0.2, 0.25) is 0 Å². The van der Waals surface area contributed by atoms with Gasteiger partial charge in [-0.25, -0.2) is 0 Å². The van der Waals surface area contributed by atoms with Crippen molar-refractivity contribution < 1.29 is 0 Å². The molecule has 0 heterocycles. The second-order valence-corrected chi connectivity index (χ2v) is 3.41. The highest BCUT2D eigenvalue weighted by atomic mass is 14.1. The van der Waals surface area contributed by atoms with Crippen LogP contribution in [-0.2, 0) is 6.42 Å². The molecule has 0 radical (unpaired) electrons. The van der Waals surface area contributed by atoms with Crippen LogP contribution in [0.1, 0.15) is 44.2 Å². The molecule has 12 heavy (non-hydrogen) atoms. The fraction of sp³-hybridized carbons (Fsp3) is 0.500. The van der Waals surface area contributed by atoms with Gasteiger partial charge < -0.3 is 0 Å². The van der Waals surface area contributed by atoms with Gasteiger partial charge in [0.15, 0.2) is 0 Å². The molecule has 0 bridgehead atoms. The van der Waals surface area contributed by atoms with Gasteiger partial charge in [0, 0.05) is 0 Å². The van der Waals surface area contributed by atoms with Crippen LogP contribution in [0.3, 0.4) is 0 Å². The van der Waals surface area contributed by atoms with Crippen LogP contribution in [0.15, 0.2) is 24.3 Å². The molecular weight excluding hydrogens is 144 g/mol. The predicted molar refractivity (Wildman–Crippen MR) is 54.5 cm³/mol. The standard InChI is InChI=1S/C12H18/c1-4-10(3)12-8-6-7-11(5-2)9-12/h6-10H,4-5H2,1-3H3. The Morgan fingerprint density at radius 1 is 1.25 bits per heavy atom. The summed E-state index contributed by atoms with van der Waals surface area (Å²) in [5, 5.41) is 0. The van der Waals surface area contributed by atoms with E-state index in [0.717, 1.165) is 6.42 Å². The van der Waals surface area contributed by atoms with Gasteiger partial charge in [-0.1, -0.05) is 45.0 Å². The number of benzene rings is 1. The Hall–Kier alpha value is -0.780. The van der Waals surface area contributed by atoms with Gasteiger partial charge in [-0.2, -0.15) is 0 Å². The van der Waals surface area contributed by atoms with E-state index in [1.807, 2.05) is 0 Å². The summed E-state index contributed by atoms with van der Waals surface area (Å²) in [7, 11) is 0. The summed E-state index contributed by atoms with van der Waals surface area (Å²) in [6.07, 6.45) is 2.37. The maximum absolute atomic E-state index is 2.33. The molecule has 1 aromatic rings. The van der Waals surface area contributed by atoms with Crippen LogP contribution in [0.5, 0.6) is 0 Å². The molecule has 0 nitrogen and oxygen atoms in total. The van der Waals surface area contributed by atoms with E-state index in [4.69, 9.17) is 0 Å². The summed E-state index contributed by atoms with van der Waals surface area (Å²) >= 11 is 0. The van der Waals surface area contributed by atoms with Crippen molar-refractivity contribution in [1.29, 1.82) is 0 Å². The predicted octanol–water partition coefficient (Wildman–Crippen LogP) is 3.76. The number of aryl methyl sites for hydroxylation is 1. The first kappa shape index (κ1) is 9.31. The lowest BCUT2D eigenvalue weighted by Crippen LogP contribution is -1.92. The molecule has 0 heteroatoms. The highest BCUT2D eigenvalue weighted by Crippen LogP contribution is 2.19. The highest BCUT2D eigenvalue weighted by Gasteiger charge is 2.01. The minimum Gasteiger partial charge on any atom is -0.0648 e. The van der Waals surface area contributed by atoms with Crippen LogP contribution in [0.2, 0.25) is 0 Å². The molecule has 1 atom stereocenters. The van der Waals surface area contributed by atoms with Gasteiger partial charge in [0.25, 0.3) is 0 Å². The van der Waals surface area contributed by atoms with E-state index in [1.165, 1.54) is 17.5 Å². The van der Waals surface area contributed by atoms with E-state index in [9.17, 15) is 0 Å². The third kappa shape index (κ3) is 2.10. The summed E-state index contributed by atoms with van der Waals surface area (Å²) < 4.78 is 0. The average molecular weight is 162 g/mol. The Morgan fingerprint density at radius 3 is 2.58 bits per heavy atom. The van der Waals surface area contributed by atoms with Crippen LogP contribution < -0.4 is 0 Å². The number of rotatable bonds is 3. The lowest BCUT2D eigenvalue weighted by Gasteiger charge is -2.09. The maximum atomic E-state index is 2.33. The molecule has 1 unspecified atom stereocenters. The van der Waals surface area contributed by atoms with Crippen molar-refractivity contribution in [3.05, 3.63) is 35.4 Å². The lowest BCUT2D eigenvalue weighted by molar-refractivity contribution is 0.732. The van der Waals surface area contributed by atoms with Crippen molar-refractivity contribution in [3.63, 3.8) is 0 Å². The van der Waals surface area contributed by atoms with E-state index in [2.05, 4.69) is 45.0 Å². The Labute approximate surface area is 75.6 Å². The largest absolute Gasteiger partial charge is 0.0648 e. The van der Waals surface area contributed by atoms with Crippen molar-refractivity contribution >= 4 is 0 Å². The van der Waals surface area contributed by atoms with Crippen LogP contribution in [-0.4, -0.2) is 0 Å². The van der Waals surface area contributed by atoms with E-state index in [1.54, 1.807) is 0 Å². The van der Waals surface area contributed by atoms with E-state index >= 15 is 0 Å². The van der Waals surface area contributed by atoms with E-state index < -0.39 is 0 Å². The summed E-state index contributed by atoms with van der Waals surface area (Å²) in [6, 6.07) is 8.92. The number of hydrogen-bond donors (Lipinski definition) is 0. The molecular formula is C12H18. The van der Waals surface area contributed by atoms with Crippen molar-refractivity contribution in [1.82, 2.24) is 0 Å². The molecule has 0 saturated heterocycles. The number of hydrogen-bond acceptors (Lipinski definition) is 0. The quantitative estimate of drug-likeness (QED) is 0.634. The SMILES string of the molecule is CCc1cccc(C(C)CC)c1. The van der Waals surface area contributed by atoms with E-state index in [0.29, 0.717) is 5.92 Å². The van der Waals surface area contributed by atoms with Gasteiger partial charge in [-0.05, 0) is 29.9 Å². The Balaban J connectivity index is 2.86. The van der Waals surface area contributed by atoms with Crippen molar-refractivity contribution in [3.8, 4) is 0 Å². The minimum atomic E-state index is 0.705. The molecule has 0 saturated carbocycles.